The lowest BCUT2D eigenvalue weighted by molar-refractivity contribution is 0.0711. The van der Waals surface area contributed by atoms with Crippen LogP contribution < -0.4 is 0 Å². The lowest BCUT2D eigenvalue weighted by atomic mass is 9.77. The van der Waals surface area contributed by atoms with E-state index in [4.69, 9.17) is 0 Å². The Labute approximate surface area is 125 Å². The van der Waals surface area contributed by atoms with Crippen LogP contribution in [0.2, 0.25) is 0 Å². The summed E-state index contributed by atoms with van der Waals surface area (Å²) in [6.07, 6.45) is 0. The first-order chi connectivity index (χ1) is 9.82. The molecule has 0 atom stereocenters. The first-order valence-corrected chi connectivity index (χ1v) is 7.05. The topological polar surface area (TPSA) is 34.1 Å². The van der Waals surface area contributed by atoms with Crippen molar-refractivity contribution in [2.45, 2.75) is 27.7 Å². The van der Waals surface area contributed by atoms with E-state index in [-0.39, 0.29) is 11.6 Å². The van der Waals surface area contributed by atoms with Crippen molar-refractivity contribution >= 4 is 11.6 Å². The number of aryl methyl sites for hydroxylation is 2. The van der Waals surface area contributed by atoms with E-state index in [0.29, 0.717) is 11.1 Å². The molecule has 0 aliphatic carbocycles. The quantitative estimate of drug-likeness (QED) is 0.614. The SMILES string of the molecule is Cc1cccc(C(=O)C(C)(C)C(=O)c2cccc(C)c2)c1. The zero-order valence-electron chi connectivity index (χ0n) is 12.9. The van der Waals surface area contributed by atoms with Gasteiger partial charge in [-0.05, 0) is 39.8 Å². The number of ketones is 2. The van der Waals surface area contributed by atoms with Gasteiger partial charge < -0.3 is 0 Å². The molecule has 0 saturated carbocycles. The number of hydrogen-bond donors (Lipinski definition) is 0. The van der Waals surface area contributed by atoms with Crippen molar-refractivity contribution in [3.8, 4) is 0 Å². The third kappa shape index (κ3) is 3.10. The van der Waals surface area contributed by atoms with Crippen LogP contribution in [0.3, 0.4) is 0 Å². The summed E-state index contributed by atoms with van der Waals surface area (Å²) in [5.74, 6) is -0.282. The predicted molar refractivity (Wildman–Crippen MR) is 84.8 cm³/mol. The van der Waals surface area contributed by atoms with Gasteiger partial charge in [0, 0.05) is 11.1 Å². The second kappa shape index (κ2) is 5.65. The van der Waals surface area contributed by atoms with Gasteiger partial charge in [0.15, 0.2) is 11.6 Å². The molecule has 2 nitrogen and oxygen atoms in total. The molecule has 0 bridgehead atoms. The molecule has 0 fully saturated rings. The minimum atomic E-state index is -1.07. The molecule has 0 spiro atoms. The van der Waals surface area contributed by atoms with Crippen molar-refractivity contribution in [1.29, 1.82) is 0 Å². The van der Waals surface area contributed by atoms with Gasteiger partial charge in [-0.15, -0.1) is 0 Å². The van der Waals surface area contributed by atoms with Crippen molar-refractivity contribution in [3.05, 3.63) is 70.8 Å². The second-order valence-electron chi connectivity index (χ2n) is 6.02. The summed E-state index contributed by atoms with van der Waals surface area (Å²) < 4.78 is 0. The lowest BCUT2D eigenvalue weighted by Gasteiger charge is -2.22. The van der Waals surface area contributed by atoms with Crippen LogP contribution in [0.1, 0.15) is 45.7 Å². The molecule has 0 saturated heterocycles. The van der Waals surface area contributed by atoms with E-state index in [1.165, 1.54) is 0 Å². The third-order valence-corrected chi connectivity index (χ3v) is 3.70. The molecule has 2 aromatic carbocycles. The zero-order valence-corrected chi connectivity index (χ0v) is 12.9. The molecular formula is C19H20O2. The van der Waals surface area contributed by atoms with Gasteiger partial charge in [-0.2, -0.15) is 0 Å². The molecule has 2 rings (SSSR count). The van der Waals surface area contributed by atoms with Crippen molar-refractivity contribution in [2.24, 2.45) is 5.41 Å². The number of carbonyl (C=O) groups is 2. The molecular weight excluding hydrogens is 260 g/mol. The van der Waals surface area contributed by atoms with E-state index < -0.39 is 5.41 Å². The maximum atomic E-state index is 12.7. The molecule has 0 N–H and O–H groups in total. The van der Waals surface area contributed by atoms with Gasteiger partial charge in [0.2, 0.25) is 0 Å². The highest BCUT2D eigenvalue weighted by molar-refractivity contribution is 6.19. The second-order valence-corrected chi connectivity index (χ2v) is 6.02. The van der Waals surface area contributed by atoms with Crippen LogP contribution >= 0.6 is 0 Å². The van der Waals surface area contributed by atoms with Crippen LogP contribution in [0.15, 0.2) is 48.5 Å². The fourth-order valence-corrected chi connectivity index (χ4v) is 2.40. The molecule has 0 aliphatic heterocycles. The monoisotopic (exact) mass is 280 g/mol. The molecule has 0 aliphatic rings. The van der Waals surface area contributed by atoms with E-state index >= 15 is 0 Å². The zero-order chi connectivity index (χ0) is 15.6. The van der Waals surface area contributed by atoms with Crippen molar-refractivity contribution in [1.82, 2.24) is 0 Å². The van der Waals surface area contributed by atoms with E-state index in [0.717, 1.165) is 11.1 Å². The maximum absolute atomic E-state index is 12.7. The first kappa shape index (κ1) is 15.2. The largest absolute Gasteiger partial charge is 0.293 e. The molecule has 0 amide bonds. The summed E-state index contributed by atoms with van der Waals surface area (Å²) >= 11 is 0. The van der Waals surface area contributed by atoms with Gasteiger partial charge in [-0.25, -0.2) is 0 Å². The minimum absolute atomic E-state index is 0.141. The van der Waals surface area contributed by atoms with Gasteiger partial charge in [0.05, 0.1) is 5.41 Å². The van der Waals surface area contributed by atoms with E-state index in [1.54, 1.807) is 26.0 Å². The number of Topliss-reactive ketones (excluding diaryl/α,β-unsaturated/α-hetero) is 2. The van der Waals surface area contributed by atoms with Crippen LogP contribution in [0.5, 0.6) is 0 Å². The van der Waals surface area contributed by atoms with Gasteiger partial charge in [-0.1, -0.05) is 47.5 Å². The molecule has 2 heteroatoms. The predicted octanol–water partition coefficient (Wildman–Crippen LogP) is 4.40. The standard InChI is InChI=1S/C19H20O2/c1-13-7-5-9-15(11-13)17(20)19(3,4)18(21)16-10-6-8-14(2)12-16/h5-12H,1-4H3. The highest BCUT2D eigenvalue weighted by atomic mass is 16.2. The van der Waals surface area contributed by atoms with Gasteiger partial charge in [-0.3, -0.25) is 9.59 Å². The number of carbonyl (C=O) groups excluding carboxylic acids is 2. The van der Waals surface area contributed by atoms with Crippen molar-refractivity contribution in [2.75, 3.05) is 0 Å². The normalized spacial score (nSPS) is 11.2. The highest BCUT2D eigenvalue weighted by Crippen LogP contribution is 2.27. The van der Waals surface area contributed by atoms with Crippen LogP contribution in [-0.4, -0.2) is 11.6 Å². The average molecular weight is 280 g/mol. The van der Waals surface area contributed by atoms with E-state index in [2.05, 4.69) is 0 Å². The van der Waals surface area contributed by atoms with Crippen LogP contribution in [0, 0.1) is 19.3 Å². The summed E-state index contributed by atoms with van der Waals surface area (Å²) in [6.45, 7) is 7.27. The molecule has 0 aromatic heterocycles. The smallest absolute Gasteiger partial charge is 0.176 e. The maximum Gasteiger partial charge on any atom is 0.176 e. The lowest BCUT2D eigenvalue weighted by Crippen LogP contribution is -2.33. The minimum Gasteiger partial charge on any atom is -0.293 e. The average Bonchev–Trinajstić information content (AvgIpc) is 2.45. The highest BCUT2D eigenvalue weighted by Gasteiger charge is 2.37. The Balaban J connectivity index is 2.37. The third-order valence-electron chi connectivity index (χ3n) is 3.70. The number of hydrogen-bond acceptors (Lipinski definition) is 2. The summed E-state index contributed by atoms with van der Waals surface area (Å²) in [5.41, 5.74) is 2.13. The summed E-state index contributed by atoms with van der Waals surface area (Å²) in [6, 6.07) is 14.7. The number of benzene rings is 2. The molecule has 0 heterocycles. The molecule has 0 unspecified atom stereocenters. The van der Waals surface area contributed by atoms with Crippen molar-refractivity contribution in [3.63, 3.8) is 0 Å². The van der Waals surface area contributed by atoms with Gasteiger partial charge >= 0.3 is 0 Å². The summed E-state index contributed by atoms with van der Waals surface area (Å²) in [4.78, 5) is 25.4. The van der Waals surface area contributed by atoms with E-state index in [1.807, 2.05) is 50.2 Å². The Hall–Kier alpha value is -2.22. The summed E-state index contributed by atoms with van der Waals surface area (Å²) in [5, 5.41) is 0. The van der Waals surface area contributed by atoms with Gasteiger partial charge in [0.25, 0.3) is 0 Å². The molecule has 0 radical (unpaired) electrons. The molecule has 2 aromatic rings. The Kier molecular flexibility index (Phi) is 4.08. The Morgan fingerprint density at radius 2 is 1.14 bits per heavy atom. The number of rotatable bonds is 4. The first-order valence-electron chi connectivity index (χ1n) is 7.05. The Bertz CT molecular complexity index is 637. The Morgan fingerprint density at radius 1 is 0.762 bits per heavy atom. The van der Waals surface area contributed by atoms with Crippen LogP contribution in [0.25, 0.3) is 0 Å². The Morgan fingerprint density at radius 3 is 1.48 bits per heavy atom. The van der Waals surface area contributed by atoms with E-state index in [9.17, 15) is 9.59 Å². The van der Waals surface area contributed by atoms with Gasteiger partial charge in [0.1, 0.15) is 0 Å². The van der Waals surface area contributed by atoms with Crippen LogP contribution in [-0.2, 0) is 0 Å². The fraction of sp³-hybridized carbons (Fsp3) is 0.263. The molecule has 108 valence electrons. The summed E-state index contributed by atoms with van der Waals surface area (Å²) in [7, 11) is 0. The fourth-order valence-electron chi connectivity index (χ4n) is 2.40. The van der Waals surface area contributed by atoms with Crippen LogP contribution in [0.4, 0.5) is 0 Å². The van der Waals surface area contributed by atoms with Crippen molar-refractivity contribution < 1.29 is 9.59 Å². The molecule has 21 heavy (non-hydrogen) atoms.